The SMILES string of the molecule is N[C@H](CCc1cccc(CCOCCCl)c1)C(=O)O. The summed E-state index contributed by atoms with van der Waals surface area (Å²) < 4.78 is 5.33. The van der Waals surface area contributed by atoms with Gasteiger partial charge in [-0.05, 0) is 30.4 Å². The van der Waals surface area contributed by atoms with Crippen LogP contribution in [0.25, 0.3) is 0 Å². The highest BCUT2D eigenvalue weighted by Crippen LogP contribution is 2.09. The van der Waals surface area contributed by atoms with Gasteiger partial charge in [-0.1, -0.05) is 24.3 Å². The molecule has 0 unspecified atom stereocenters. The van der Waals surface area contributed by atoms with Crippen molar-refractivity contribution >= 4 is 17.6 Å². The van der Waals surface area contributed by atoms with E-state index in [1.54, 1.807) is 0 Å². The summed E-state index contributed by atoms with van der Waals surface area (Å²) in [7, 11) is 0. The Morgan fingerprint density at radius 1 is 1.32 bits per heavy atom. The third-order valence-electron chi connectivity index (χ3n) is 2.81. The molecule has 0 amide bonds. The smallest absolute Gasteiger partial charge is 0.320 e. The van der Waals surface area contributed by atoms with Crippen LogP contribution >= 0.6 is 11.6 Å². The number of aryl methyl sites for hydroxylation is 1. The maximum Gasteiger partial charge on any atom is 0.320 e. The molecular weight excluding hydrogens is 266 g/mol. The molecule has 0 bridgehead atoms. The van der Waals surface area contributed by atoms with Crippen LogP contribution in [-0.4, -0.2) is 36.2 Å². The molecular formula is C14H20ClNO3. The fraction of sp³-hybridized carbons (Fsp3) is 0.500. The topological polar surface area (TPSA) is 72.5 Å². The maximum atomic E-state index is 10.6. The molecule has 0 saturated carbocycles. The lowest BCUT2D eigenvalue weighted by Gasteiger charge is -2.08. The Hall–Kier alpha value is -1.10. The number of aliphatic carboxylic acids is 1. The van der Waals surface area contributed by atoms with Gasteiger partial charge in [-0.25, -0.2) is 0 Å². The molecule has 1 atom stereocenters. The fourth-order valence-corrected chi connectivity index (χ4v) is 1.84. The number of carbonyl (C=O) groups is 1. The minimum Gasteiger partial charge on any atom is -0.480 e. The van der Waals surface area contributed by atoms with Gasteiger partial charge in [-0.2, -0.15) is 0 Å². The van der Waals surface area contributed by atoms with Gasteiger partial charge < -0.3 is 15.6 Å². The molecule has 0 fully saturated rings. The first-order valence-corrected chi connectivity index (χ1v) is 6.87. The summed E-state index contributed by atoms with van der Waals surface area (Å²) in [5.41, 5.74) is 7.76. The van der Waals surface area contributed by atoms with E-state index in [0.717, 1.165) is 12.0 Å². The van der Waals surface area contributed by atoms with E-state index in [1.807, 2.05) is 18.2 Å². The van der Waals surface area contributed by atoms with Crippen LogP contribution in [0.15, 0.2) is 24.3 Å². The van der Waals surface area contributed by atoms with Crippen LogP contribution in [0.4, 0.5) is 0 Å². The Morgan fingerprint density at radius 2 is 2.00 bits per heavy atom. The zero-order valence-corrected chi connectivity index (χ0v) is 11.6. The number of halogens is 1. The van der Waals surface area contributed by atoms with E-state index >= 15 is 0 Å². The van der Waals surface area contributed by atoms with E-state index < -0.39 is 12.0 Å². The van der Waals surface area contributed by atoms with Gasteiger partial charge in [0.1, 0.15) is 6.04 Å². The highest BCUT2D eigenvalue weighted by atomic mass is 35.5. The number of carboxylic acids is 1. The molecule has 106 valence electrons. The number of alkyl halides is 1. The van der Waals surface area contributed by atoms with Gasteiger partial charge in [0.2, 0.25) is 0 Å². The van der Waals surface area contributed by atoms with Crippen LogP contribution in [-0.2, 0) is 22.4 Å². The van der Waals surface area contributed by atoms with Crippen molar-refractivity contribution in [3.8, 4) is 0 Å². The van der Waals surface area contributed by atoms with Crippen LogP contribution in [0.5, 0.6) is 0 Å². The van der Waals surface area contributed by atoms with E-state index in [9.17, 15) is 4.79 Å². The van der Waals surface area contributed by atoms with Crippen molar-refractivity contribution in [3.05, 3.63) is 35.4 Å². The van der Waals surface area contributed by atoms with Gasteiger partial charge in [0.15, 0.2) is 0 Å². The monoisotopic (exact) mass is 285 g/mol. The molecule has 0 spiro atoms. The summed E-state index contributed by atoms with van der Waals surface area (Å²) in [4.78, 5) is 10.6. The first-order chi connectivity index (χ1) is 9.13. The van der Waals surface area contributed by atoms with Crippen molar-refractivity contribution in [2.75, 3.05) is 19.1 Å². The third kappa shape index (κ3) is 6.57. The first kappa shape index (κ1) is 16.0. The molecule has 0 aliphatic carbocycles. The molecule has 0 aromatic heterocycles. The highest BCUT2D eigenvalue weighted by molar-refractivity contribution is 6.17. The van der Waals surface area contributed by atoms with E-state index in [-0.39, 0.29) is 0 Å². The van der Waals surface area contributed by atoms with E-state index in [1.165, 1.54) is 5.56 Å². The van der Waals surface area contributed by atoms with Crippen LogP contribution in [0.1, 0.15) is 17.5 Å². The second-order valence-corrected chi connectivity index (χ2v) is 4.73. The molecule has 1 rings (SSSR count). The lowest BCUT2D eigenvalue weighted by molar-refractivity contribution is -0.138. The number of carboxylic acid groups (broad SMARTS) is 1. The van der Waals surface area contributed by atoms with Gasteiger partial charge in [0, 0.05) is 5.88 Å². The molecule has 0 saturated heterocycles. The summed E-state index contributed by atoms with van der Waals surface area (Å²) in [5, 5.41) is 8.73. The second-order valence-electron chi connectivity index (χ2n) is 4.35. The number of ether oxygens (including phenoxy) is 1. The Balaban J connectivity index is 2.41. The van der Waals surface area contributed by atoms with Gasteiger partial charge >= 0.3 is 5.97 Å². The maximum absolute atomic E-state index is 10.6. The van der Waals surface area contributed by atoms with E-state index in [4.69, 9.17) is 27.2 Å². The van der Waals surface area contributed by atoms with Crippen molar-refractivity contribution < 1.29 is 14.6 Å². The Bertz CT molecular complexity index is 398. The summed E-state index contributed by atoms with van der Waals surface area (Å²) in [6.45, 7) is 1.21. The normalized spacial score (nSPS) is 12.3. The summed E-state index contributed by atoms with van der Waals surface area (Å²) in [6, 6.07) is 7.26. The van der Waals surface area contributed by atoms with Gasteiger partial charge in [-0.3, -0.25) is 4.79 Å². The molecule has 4 nitrogen and oxygen atoms in total. The highest BCUT2D eigenvalue weighted by Gasteiger charge is 2.10. The summed E-state index contributed by atoms with van der Waals surface area (Å²) in [5.74, 6) is -0.446. The predicted octanol–water partition coefficient (Wildman–Crippen LogP) is 1.83. The summed E-state index contributed by atoms with van der Waals surface area (Å²) >= 11 is 5.52. The van der Waals surface area contributed by atoms with Crippen molar-refractivity contribution in [3.63, 3.8) is 0 Å². The average molecular weight is 286 g/mol. The minimum absolute atomic E-state index is 0.446. The number of hydrogen-bond acceptors (Lipinski definition) is 3. The zero-order valence-electron chi connectivity index (χ0n) is 10.8. The molecule has 3 N–H and O–H groups in total. The molecule has 0 radical (unpaired) electrons. The van der Waals surface area contributed by atoms with Crippen LogP contribution in [0, 0.1) is 0 Å². The molecule has 0 aliphatic heterocycles. The van der Waals surface area contributed by atoms with E-state index in [2.05, 4.69) is 6.07 Å². The lowest BCUT2D eigenvalue weighted by atomic mass is 10.0. The Kier molecular flexibility index (Phi) is 7.48. The molecule has 19 heavy (non-hydrogen) atoms. The number of hydrogen-bond donors (Lipinski definition) is 2. The molecule has 0 heterocycles. The molecule has 1 aromatic rings. The number of benzene rings is 1. The van der Waals surface area contributed by atoms with Gasteiger partial charge in [0.05, 0.1) is 13.2 Å². The summed E-state index contributed by atoms with van der Waals surface area (Å²) in [6.07, 6.45) is 1.95. The Labute approximate surface area is 118 Å². The van der Waals surface area contributed by atoms with Crippen molar-refractivity contribution in [1.29, 1.82) is 0 Å². The molecule has 1 aromatic carbocycles. The number of nitrogens with two attached hydrogens (primary N) is 1. The van der Waals surface area contributed by atoms with Crippen molar-refractivity contribution in [1.82, 2.24) is 0 Å². The predicted molar refractivity (Wildman–Crippen MR) is 75.6 cm³/mol. The van der Waals surface area contributed by atoms with Crippen LogP contribution in [0.3, 0.4) is 0 Å². The minimum atomic E-state index is -0.953. The number of rotatable bonds is 9. The first-order valence-electron chi connectivity index (χ1n) is 6.33. The molecule has 5 heteroatoms. The van der Waals surface area contributed by atoms with Gasteiger partial charge in [-0.15, -0.1) is 11.6 Å². The standard InChI is InChI=1S/C14H20ClNO3/c15-7-9-19-8-6-12-3-1-2-11(10-12)4-5-13(16)14(17)18/h1-3,10,13H,4-9,16H2,(H,17,18)/t13-/m1/s1. The van der Waals surface area contributed by atoms with E-state index in [0.29, 0.717) is 31.9 Å². The fourth-order valence-electron chi connectivity index (χ4n) is 1.73. The van der Waals surface area contributed by atoms with Crippen LogP contribution in [0.2, 0.25) is 0 Å². The van der Waals surface area contributed by atoms with Crippen molar-refractivity contribution in [2.45, 2.75) is 25.3 Å². The zero-order chi connectivity index (χ0) is 14.1. The Morgan fingerprint density at radius 3 is 2.63 bits per heavy atom. The second kappa shape index (κ2) is 8.91. The third-order valence-corrected chi connectivity index (χ3v) is 2.96. The van der Waals surface area contributed by atoms with Crippen LogP contribution < -0.4 is 5.73 Å². The quantitative estimate of drug-likeness (QED) is 0.536. The largest absolute Gasteiger partial charge is 0.480 e. The lowest BCUT2D eigenvalue weighted by Crippen LogP contribution is -2.30. The average Bonchev–Trinajstić information content (AvgIpc) is 2.41. The van der Waals surface area contributed by atoms with Gasteiger partial charge in [0.25, 0.3) is 0 Å². The van der Waals surface area contributed by atoms with Crippen molar-refractivity contribution in [2.24, 2.45) is 5.73 Å². The molecule has 0 aliphatic rings.